The number of ether oxygens (including phenoxy) is 1. The molecule has 0 rings (SSSR count). The number of carboxylic acid groups (broad SMARTS) is 1. The molecule has 2 N–H and O–H groups in total. The predicted molar refractivity (Wildman–Crippen MR) is 153 cm³/mol. The molecule has 0 radical (unpaired) electrons. The number of hydrogen-bond donors (Lipinski definition) is 2. The lowest BCUT2D eigenvalue weighted by atomic mass is 10.0. The molecule has 37 heavy (non-hydrogen) atoms. The zero-order chi connectivity index (χ0) is 27.6. The summed E-state index contributed by atoms with van der Waals surface area (Å²) in [7, 11) is 0. The molecule has 0 heterocycles. The maximum absolute atomic E-state index is 12.4. The van der Waals surface area contributed by atoms with E-state index in [1.54, 1.807) is 0 Å². The first-order chi connectivity index (χ1) is 17.9. The molecular formula is C31H59NO5. The SMILES string of the molecule is CCCCCCCCCCCCC(=O)N[C@@H](CC(=O)O)C(=O)OCCCCCCCCCCCC(C)C. The Bertz CT molecular complexity index is 564. The molecule has 1 atom stereocenters. The van der Waals surface area contributed by atoms with E-state index >= 15 is 0 Å². The van der Waals surface area contributed by atoms with Crippen molar-refractivity contribution in [3.8, 4) is 0 Å². The number of aliphatic carboxylic acids is 1. The van der Waals surface area contributed by atoms with Crippen molar-refractivity contribution in [2.45, 2.75) is 168 Å². The van der Waals surface area contributed by atoms with Crippen LogP contribution in [-0.2, 0) is 19.1 Å². The summed E-state index contributed by atoms with van der Waals surface area (Å²) in [6.45, 7) is 7.06. The summed E-state index contributed by atoms with van der Waals surface area (Å²) in [4.78, 5) is 35.8. The van der Waals surface area contributed by atoms with Crippen LogP contribution >= 0.6 is 0 Å². The Balaban J connectivity index is 3.85. The lowest BCUT2D eigenvalue weighted by Crippen LogP contribution is -2.43. The van der Waals surface area contributed by atoms with Crippen molar-refractivity contribution in [2.24, 2.45) is 5.92 Å². The standard InChI is InChI=1S/C31H59NO5/c1-4-5-6-7-8-9-12-15-18-21-24-29(33)32-28(26-30(34)35)31(36)37-25-22-19-16-13-10-11-14-17-20-23-27(2)3/h27-28H,4-26H2,1-3H3,(H,32,33)(H,34,35)/t28-/m0/s1. The summed E-state index contributed by atoms with van der Waals surface area (Å²) in [5.74, 6) is -1.23. The van der Waals surface area contributed by atoms with Gasteiger partial charge in [-0.3, -0.25) is 9.59 Å². The minimum Gasteiger partial charge on any atom is -0.481 e. The second kappa shape index (κ2) is 26.0. The van der Waals surface area contributed by atoms with Crippen molar-refractivity contribution in [3.05, 3.63) is 0 Å². The minimum absolute atomic E-state index is 0.271. The van der Waals surface area contributed by atoms with Crippen LogP contribution in [0.5, 0.6) is 0 Å². The van der Waals surface area contributed by atoms with Crippen molar-refractivity contribution < 1.29 is 24.2 Å². The number of esters is 1. The highest BCUT2D eigenvalue weighted by molar-refractivity contribution is 5.87. The molecule has 6 nitrogen and oxygen atoms in total. The predicted octanol–water partition coefficient (Wildman–Crippen LogP) is 8.36. The Labute approximate surface area is 228 Å². The van der Waals surface area contributed by atoms with Crippen molar-refractivity contribution >= 4 is 17.8 Å². The lowest BCUT2D eigenvalue weighted by molar-refractivity contribution is -0.151. The number of carbonyl (C=O) groups excluding carboxylic acids is 2. The molecule has 0 saturated carbocycles. The van der Waals surface area contributed by atoms with Gasteiger partial charge in [-0.05, 0) is 18.8 Å². The average molecular weight is 526 g/mol. The summed E-state index contributed by atoms with van der Waals surface area (Å²) in [6, 6.07) is -1.11. The van der Waals surface area contributed by atoms with Crippen LogP contribution in [0.1, 0.15) is 162 Å². The first kappa shape index (κ1) is 35.4. The monoisotopic (exact) mass is 525 g/mol. The Morgan fingerprint density at radius 3 is 1.62 bits per heavy atom. The smallest absolute Gasteiger partial charge is 0.329 e. The topological polar surface area (TPSA) is 92.7 Å². The third-order valence-corrected chi connectivity index (χ3v) is 6.93. The molecule has 0 aromatic rings. The molecule has 6 heteroatoms. The summed E-state index contributed by atoms with van der Waals surface area (Å²) in [6.07, 6.45) is 23.7. The third-order valence-electron chi connectivity index (χ3n) is 6.93. The van der Waals surface area contributed by atoms with E-state index in [-0.39, 0.29) is 12.5 Å². The number of nitrogens with one attached hydrogen (secondary N) is 1. The molecule has 0 unspecified atom stereocenters. The van der Waals surface area contributed by atoms with Crippen molar-refractivity contribution in [1.29, 1.82) is 0 Å². The van der Waals surface area contributed by atoms with Crippen molar-refractivity contribution in [1.82, 2.24) is 5.32 Å². The highest BCUT2D eigenvalue weighted by atomic mass is 16.5. The fraction of sp³-hybridized carbons (Fsp3) is 0.903. The molecule has 0 spiro atoms. The molecule has 0 saturated heterocycles. The van der Waals surface area contributed by atoms with Gasteiger partial charge in [-0.1, -0.05) is 136 Å². The van der Waals surface area contributed by atoms with E-state index in [1.807, 2.05) is 0 Å². The molecule has 218 valence electrons. The van der Waals surface area contributed by atoms with Crippen LogP contribution in [0.2, 0.25) is 0 Å². The molecule has 0 aromatic heterocycles. The summed E-state index contributed by atoms with van der Waals surface area (Å²) >= 11 is 0. The number of carbonyl (C=O) groups is 3. The molecule has 0 aliphatic heterocycles. The highest BCUT2D eigenvalue weighted by Crippen LogP contribution is 2.14. The van der Waals surface area contributed by atoms with Crippen LogP contribution in [0.15, 0.2) is 0 Å². The summed E-state index contributed by atoms with van der Waals surface area (Å²) in [5, 5.41) is 11.7. The fourth-order valence-corrected chi connectivity index (χ4v) is 4.57. The molecule has 0 fully saturated rings. The fourth-order valence-electron chi connectivity index (χ4n) is 4.57. The van der Waals surface area contributed by atoms with Gasteiger partial charge in [-0.15, -0.1) is 0 Å². The van der Waals surface area contributed by atoms with Crippen LogP contribution in [-0.4, -0.2) is 35.6 Å². The number of amides is 1. The van der Waals surface area contributed by atoms with E-state index in [4.69, 9.17) is 9.84 Å². The van der Waals surface area contributed by atoms with Gasteiger partial charge < -0.3 is 15.2 Å². The summed E-state index contributed by atoms with van der Waals surface area (Å²) < 4.78 is 5.29. The molecule has 0 aliphatic rings. The minimum atomic E-state index is -1.12. The van der Waals surface area contributed by atoms with E-state index in [0.29, 0.717) is 6.42 Å². The van der Waals surface area contributed by atoms with E-state index in [1.165, 1.54) is 89.9 Å². The Kier molecular flexibility index (Phi) is 24.9. The van der Waals surface area contributed by atoms with Crippen molar-refractivity contribution in [2.75, 3.05) is 6.61 Å². The maximum Gasteiger partial charge on any atom is 0.329 e. The first-order valence-electron chi connectivity index (χ1n) is 15.5. The molecule has 0 bridgehead atoms. The van der Waals surface area contributed by atoms with Crippen LogP contribution in [0, 0.1) is 5.92 Å². The van der Waals surface area contributed by atoms with Crippen molar-refractivity contribution in [3.63, 3.8) is 0 Å². The maximum atomic E-state index is 12.4. The second-order valence-electron chi connectivity index (χ2n) is 11.2. The van der Waals surface area contributed by atoms with E-state index in [2.05, 4.69) is 26.1 Å². The van der Waals surface area contributed by atoms with Gasteiger partial charge in [0.15, 0.2) is 0 Å². The van der Waals surface area contributed by atoms with Gasteiger partial charge >= 0.3 is 11.9 Å². The normalized spacial score (nSPS) is 12.0. The quantitative estimate of drug-likeness (QED) is 0.0830. The average Bonchev–Trinajstić information content (AvgIpc) is 2.84. The van der Waals surface area contributed by atoms with Gasteiger partial charge in [0.25, 0.3) is 0 Å². The molecule has 0 aromatic carbocycles. The van der Waals surface area contributed by atoms with Gasteiger partial charge in [-0.2, -0.15) is 0 Å². The van der Waals surface area contributed by atoms with Gasteiger partial charge in [0.1, 0.15) is 6.04 Å². The Hall–Kier alpha value is -1.59. The van der Waals surface area contributed by atoms with Gasteiger partial charge in [0, 0.05) is 6.42 Å². The van der Waals surface area contributed by atoms with Gasteiger partial charge in [0.05, 0.1) is 13.0 Å². The van der Waals surface area contributed by atoms with E-state index < -0.39 is 24.4 Å². The van der Waals surface area contributed by atoms with E-state index in [0.717, 1.165) is 44.4 Å². The first-order valence-corrected chi connectivity index (χ1v) is 15.5. The number of carboxylic acids is 1. The number of unbranched alkanes of at least 4 members (excludes halogenated alkanes) is 17. The second-order valence-corrected chi connectivity index (χ2v) is 11.2. The molecular weight excluding hydrogens is 466 g/mol. The van der Waals surface area contributed by atoms with Gasteiger partial charge in [0.2, 0.25) is 5.91 Å². The Morgan fingerprint density at radius 2 is 1.14 bits per heavy atom. The van der Waals surface area contributed by atoms with Crippen LogP contribution < -0.4 is 5.32 Å². The van der Waals surface area contributed by atoms with Crippen LogP contribution in [0.4, 0.5) is 0 Å². The van der Waals surface area contributed by atoms with Gasteiger partial charge in [-0.25, -0.2) is 4.79 Å². The Morgan fingerprint density at radius 1 is 0.676 bits per heavy atom. The third kappa shape index (κ3) is 25.8. The van der Waals surface area contributed by atoms with Crippen LogP contribution in [0.25, 0.3) is 0 Å². The largest absolute Gasteiger partial charge is 0.481 e. The van der Waals surface area contributed by atoms with Crippen LogP contribution in [0.3, 0.4) is 0 Å². The highest BCUT2D eigenvalue weighted by Gasteiger charge is 2.24. The summed E-state index contributed by atoms with van der Waals surface area (Å²) in [5.41, 5.74) is 0. The molecule has 0 aliphatic carbocycles. The number of rotatable bonds is 27. The lowest BCUT2D eigenvalue weighted by Gasteiger charge is -2.16. The zero-order valence-corrected chi connectivity index (χ0v) is 24.5. The van der Waals surface area contributed by atoms with E-state index in [9.17, 15) is 14.4 Å². The zero-order valence-electron chi connectivity index (χ0n) is 24.5. The number of hydrogen-bond acceptors (Lipinski definition) is 4. The molecule has 1 amide bonds.